The van der Waals surface area contributed by atoms with Crippen molar-refractivity contribution < 1.29 is 14.0 Å². The highest BCUT2D eigenvalue weighted by Gasteiger charge is 2.22. The van der Waals surface area contributed by atoms with Gasteiger partial charge >= 0.3 is 0 Å². The molecule has 4 rings (SSSR count). The van der Waals surface area contributed by atoms with Gasteiger partial charge in [-0.15, -0.1) is 0 Å². The van der Waals surface area contributed by atoms with Gasteiger partial charge in [0, 0.05) is 24.3 Å². The van der Waals surface area contributed by atoms with Crippen LogP contribution in [0, 0.1) is 19.7 Å². The SMILES string of the molecule is Cc1nn(-c2ccc(F)cc2)c(C)c1CC(=O)Nc1ccccc1C(=O)N1CCCCC1. The van der Waals surface area contributed by atoms with Crippen LogP contribution in [-0.4, -0.2) is 39.6 Å². The second kappa shape index (κ2) is 9.34. The van der Waals surface area contributed by atoms with Gasteiger partial charge in [-0.1, -0.05) is 12.1 Å². The monoisotopic (exact) mass is 434 g/mol. The Kier molecular flexibility index (Phi) is 6.35. The average molecular weight is 435 g/mol. The first kappa shape index (κ1) is 21.7. The highest BCUT2D eigenvalue weighted by molar-refractivity contribution is 6.04. The fourth-order valence-corrected chi connectivity index (χ4v) is 4.17. The Bertz CT molecular complexity index is 1130. The molecule has 166 valence electrons. The Morgan fingerprint density at radius 3 is 2.41 bits per heavy atom. The lowest BCUT2D eigenvalue weighted by Crippen LogP contribution is -2.36. The number of carbonyl (C=O) groups excluding carboxylic acids is 2. The summed E-state index contributed by atoms with van der Waals surface area (Å²) in [4.78, 5) is 27.7. The third-order valence-corrected chi connectivity index (χ3v) is 5.92. The number of carbonyl (C=O) groups is 2. The van der Waals surface area contributed by atoms with Crippen LogP contribution in [0.15, 0.2) is 48.5 Å². The summed E-state index contributed by atoms with van der Waals surface area (Å²) in [6, 6.07) is 13.2. The normalized spacial score (nSPS) is 13.8. The van der Waals surface area contributed by atoms with Gasteiger partial charge in [0.05, 0.1) is 29.1 Å². The lowest BCUT2D eigenvalue weighted by molar-refractivity contribution is -0.115. The summed E-state index contributed by atoms with van der Waals surface area (Å²) >= 11 is 0. The zero-order valence-electron chi connectivity index (χ0n) is 18.4. The van der Waals surface area contributed by atoms with Gasteiger partial charge in [0.1, 0.15) is 5.82 Å². The molecule has 1 aromatic heterocycles. The topological polar surface area (TPSA) is 67.2 Å². The van der Waals surface area contributed by atoms with E-state index >= 15 is 0 Å². The van der Waals surface area contributed by atoms with E-state index in [2.05, 4.69) is 10.4 Å². The molecule has 2 amide bonds. The number of hydrogen-bond donors (Lipinski definition) is 1. The van der Waals surface area contributed by atoms with Gasteiger partial charge in [0.2, 0.25) is 5.91 Å². The molecule has 1 saturated heterocycles. The van der Waals surface area contributed by atoms with Crippen molar-refractivity contribution >= 4 is 17.5 Å². The van der Waals surface area contributed by atoms with Crippen molar-refractivity contribution in [1.29, 1.82) is 0 Å². The largest absolute Gasteiger partial charge is 0.339 e. The summed E-state index contributed by atoms with van der Waals surface area (Å²) < 4.78 is 15.0. The predicted molar refractivity (Wildman–Crippen MR) is 122 cm³/mol. The molecule has 1 aliphatic rings. The summed E-state index contributed by atoms with van der Waals surface area (Å²) in [6.07, 6.45) is 3.30. The number of rotatable bonds is 5. The van der Waals surface area contributed by atoms with Crippen molar-refractivity contribution in [3.8, 4) is 5.69 Å². The Balaban J connectivity index is 1.51. The molecule has 7 heteroatoms. The molecule has 0 aliphatic carbocycles. The molecule has 1 aliphatic heterocycles. The minimum Gasteiger partial charge on any atom is -0.339 e. The van der Waals surface area contributed by atoms with Crippen LogP contribution < -0.4 is 5.32 Å². The van der Waals surface area contributed by atoms with Gasteiger partial charge in [-0.3, -0.25) is 9.59 Å². The number of nitrogens with one attached hydrogen (secondary N) is 1. The number of likely N-dealkylation sites (tertiary alicyclic amines) is 1. The van der Waals surface area contributed by atoms with E-state index in [4.69, 9.17) is 0 Å². The quantitative estimate of drug-likeness (QED) is 0.646. The summed E-state index contributed by atoms with van der Waals surface area (Å²) in [6.45, 7) is 5.24. The van der Waals surface area contributed by atoms with Crippen LogP contribution in [0.3, 0.4) is 0 Å². The first-order chi connectivity index (χ1) is 15.4. The van der Waals surface area contributed by atoms with Crippen LogP contribution in [-0.2, 0) is 11.2 Å². The molecule has 0 bridgehead atoms. The average Bonchev–Trinajstić information content (AvgIpc) is 3.08. The molecular formula is C25H27FN4O2. The first-order valence-electron chi connectivity index (χ1n) is 10.9. The second-order valence-electron chi connectivity index (χ2n) is 8.16. The van der Waals surface area contributed by atoms with Crippen LogP contribution >= 0.6 is 0 Å². The molecule has 3 aromatic rings. The lowest BCUT2D eigenvalue weighted by atomic mass is 10.1. The predicted octanol–water partition coefficient (Wildman–Crippen LogP) is 4.44. The number of benzene rings is 2. The molecule has 2 aromatic carbocycles. The second-order valence-corrected chi connectivity index (χ2v) is 8.16. The van der Waals surface area contributed by atoms with Crippen LogP contribution in [0.4, 0.5) is 10.1 Å². The zero-order valence-corrected chi connectivity index (χ0v) is 18.4. The Hall–Kier alpha value is -3.48. The number of anilines is 1. The third-order valence-electron chi connectivity index (χ3n) is 5.92. The van der Waals surface area contributed by atoms with Gasteiger partial charge in [-0.05, 0) is 69.5 Å². The van der Waals surface area contributed by atoms with E-state index in [1.807, 2.05) is 30.9 Å². The van der Waals surface area contributed by atoms with Crippen molar-refractivity contribution in [3.05, 3.63) is 76.9 Å². The van der Waals surface area contributed by atoms with E-state index in [9.17, 15) is 14.0 Å². The van der Waals surface area contributed by atoms with Crippen molar-refractivity contribution in [2.45, 2.75) is 39.5 Å². The Morgan fingerprint density at radius 2 is 1.69 bits per heavy atom. The number of nitrogens with zero attached hydrogens (tertiary/aromatic N) is 3. The summed E-state index contributed by atoms with van der Waals surface area (Å²) in [5.41, 5.74) is 4.14. The molecular weight excluding hydrogens is 407 g/mol. The van der Waals surface area contributed by atoms with Gasteiger partial charge in [-0.2, -0.15) is 5.10 Å². The van der Waals surface area contributed by atoms with Crippen molar-refractivity contribution in [1.82, 2.24) is 14.7 Å². The lowest BCUT2D eigenvalue weighted by Gasteiger charge is -2.27. The molecule has 6 nitrogen and oxygen atoms in total. The fourth-order valence-electron chi connectivity index (χ4n) is 4.17. The van der Waals surface area contributed by atoms with E-state index in [-0.39, 0.29) is 24.1 Å². The number of hydrogen-bond acceptors (Lipinski definition) is 3. The van der Waals surface area contributed by atoms with Crippen LogP contribution in [0.1, 0.15) is 46.6 Å². The van der Waals surface area contributed by atoms with Crippen LogP contribution in [0.2, 0.25) is 0 Å². The first-order valence-corrected chi connectivity index (χ1v) is 10.9. The molecule has 2 heterocycles. The molecule has 1 N–H and O–H groups in total. The highest BCUT2D eigenvalue weighted by atomic mass is 19.1. The molecule has 0 unspecified atom stereocenters. The summed E-state index contributed by atoms with van der Waals surface area (Å²) in [7, 11) is 0. The van der Waals surface area contributed by atoms with E-state index in [0.717, 1.165) is 55.0 Å². The number of amides is 2. The van der Waals surface area contributed by atoms with E-state index in [0.29, 0.717) is 11.3 Å². The smallest absolute Gasteiger partial charge is 0.255 e. The Labute approximate surface area is 187 Å². The molecule has 0 saturated carbocycles. The fraction of sp³-hybridized carbons (Fsp3) is 0.320. The van der Waals surface area contributed by atoms with E-state index < -0.39 is 0 Å². The number of aromatic nitrogens is 2. The maximum absolute atomic E-state index is 13.3. The van der Waals surface area contributed by atoms with E-state index in [1.54, 1.807) is 28.9 Å². The van der Waals surface area contributed by atoms with E-state index in [1.165, 1.54) is 12.1 Å². The van der Waals surface area contributed by atoms with Crippen LogP contribution in [0.5, 0.6) is 0 Å². The number of aryl methyl sites for hydroxylation is 1. The molecule has 0 radical (unpaired) electrons. The van der Waals surface area contributed by atoms with Crippen molar-refractivity contribution in [2.24, 2.45) is 0 Å². The van der Waals surface area contributed by atoms with Gasteiger partial charge in [0.25, 0.3) is 5.91 Å². The minimum absolute atomic E-state index is 0.0444. The maximum atomic E-state index is 13.3. The molecule has 1 fully saturated rings. The molecule has 32 heavy (non-hydrogen) atoms. The number of piperidine rings is 1. The Morgan fingerprint density at radius 1 is 1.00 bits per heavy atom. The number of para-hydroxylation sites is 1. The number of halogens is 1. The third kappa shape index (κ3) is 4.56. The van der Waals surface area contributed by atoms with Gasteiger partial charge in [-0.25, -0.2) is 9.07 Å². The van der Waals surface area contributed by atoms with Crippen LogP contribution in [0.25, 0.3) is 5.69 Å². The van der Waals surface area contributed by atoms with Crippen molar-refractivity contribution in [3.63, 3.8) is 0 Å². The van der Waals surface area contributed by atoms with Gasteiger partial charge in [0.15, 0.2) is 0 Å². The standard InChI is InChI=1S/C25H27FN4O2/c1-17-22(18(2)30(28-17)20-12-10-19(26)11-13-20)16-24(31)27-23-9-5-4-8-21(23)25(32)29-14-6-3-7-15-29/h4-5,8-13H,3,6-7,14-16H2,1-2H3,(H,27,31). The zero-order chi connectivity index (χ0) is 22.7. The summed E-state index contributed by atoms with van der Waals surface area (Å²) in [5.74, 6) is -0.571. The molecule has 0 spiro atoms. The highest BCUT2D eigenvalue weighted by Crippen LogP contribution is 2.22. The summed E-state index contributed by atoms with van der Waals surface area (Å²) in [5, 5.41) is 7.45. The van der Waals surface area contributed by atoms with Crippen molar-refractivity contribution in [2.75, 3.05) is 18.4 Å². The molecule has 0 atom stereocenters. The minimum atomic E-state index is -0.312. The van der Waals surface area contributed by atoms with Gasteiger partial charge < -0.3 is 10.2 Å². The maximum Gasteiger partial charge on any atom is 0.255 e.